The monoisotopic (exact) mass is 479 g/mol. The van der Waals surface area contributed by atoms with Crippen LogP contribution in [-0.4, -0.2) is 61.9 Å². The minimum absolute atomic E-state index is 0.121. The molecule has 11 nitrogen and oxygen atoms in total. The quantitative estimate of drug-likeness (QED) is 0.399. The van der Waals surface area contributed by atoms with Gasteiger partial charge in [0.2, 0.25) is 5.43 Å². The number of carbonyl (C=O) groups is 1. The molecule has 0 unspecified atom stereocenters. The molecule has 0 saturated carbocycles. The summed E-state index contributed by atoms with van der Waals surface area (Å²) in [5, 5.41) is 20.0. The Bertz CT molecular complexity index is 1330. The molecule has 1 aliphatic heterocycles. The van der Waals surface area contributed by atoms with Crippen LogP contribution in [0.25, 0.3) is 16.6 Å². The van der Waals surface area contributed by atoms with Crippen molar-refractivity contribution in [1.29, 1.82) is 0 Å². The van der Waals surface area contributed by atoms with Crippen molar-refractivity contribution in [3.05, 3.63) is 64.2 Å². The van der Waals surface area contributed by atoms with Crippen molar-refractivity contribution in [2.24, 2.45) is 0 Å². The van der Waals surface area contributed by atoms with E-state index >= 15 is 0 Å². The minimum Gasteiger partial charge on any atom is -0.477 e. The molecule has 0 atom stereocenters. The topological polar surface area (TPSA) is 153 Å². The Kier molecular flexibility index (Phi) is 5.95. The molecule has 2 heterocycles. The van der Waals surface area contributed by atoms with Gasteiger partial charge in [0.1, 0.15) is 17.1 Å². The van der Waals surface area contributed by atoms with Crippen molar-refractivity contribution in [3.63, 3.8) is 0 Å². The number of benzene rings is 2. The molecular formula is C20H19FN3O8P. The average Bonchev–Trinajstić information content (AvgIpc) is 2.74. The second-order valence-corrected chi connectivity index (χ2v) is 8.55. The summed E-state index contributed by atoms with van der Waals surface area (Å²) in [5.74, 6) is -2.31. The number of carboxylic acid groups (broad SMARTS) is 1. The Morgan fingerprint density at radius 1 is 1.06 bits per heavy atom. The lowest BCUT2D eigenvalue weighted by atomic mass is 10.1. The Hall–Kier alpha value is -3.28. The first-order valence-electron chi connectivity index (χ1n) is 9.70. The van der Waals surface area contributed by atoms with E-state index in [2.05, 4.69) is 4.52 Å². The molecule has 33 heavy (non-hydrogen) atoms. The number of anilines is 1. The molecule has 1 saturated heterocycles. The number of fused-ring (bicyclic) bond motifs is 1. The molecule has 2 aromatic carbocycles. The number of hydroxylamine groups is 2. The Morgan fingerprint density at radius 2 is 1.70 bits per heavy atom. The number of aromatic carboxylic acids is 1. The van der Waals surface area contributed by atoms with Gasteiger partial charge in [0.25, 0.3) is 0 Å². The molecule has 0 amide bonds. The lowest BCUT2D eigenvalue weighted by Crippen LogP contribution is -2.45. The molecule has 0 spiro atoms. The van der Waals surface area contributed by atoms with E-state index in [-0.39, 0.29) is 22.3 Å². The minimum atomic E-state index is -4.77. The molecule has 174 valence electrons. The highest BCUT2D eigenvalue weighted by Crippen LogP contribution is 2.37. The van der Waals surface area contributed by atoms with Crippen LogP contribution in [0.2, 0.25) is 0 Å². The van der Waals surface area contributed by atoms with Gasteiger partial charge in [-0.2, -0.15) is 5.06 Å². The number of piperazine rings is 1. The Balaban J connectivity index is 1.89. The third-order valence-electron chi connectivity index (χ3n) is 5.24. The second kappa shape index (κ2) is 8.58. The van der Waals surface area contributed by atoms with Gasteiger partial charge in [0.15, 0.2) is 0 Å². The molecule has 3 aromatic rings. The standard InChI is InChI=1S/C20H19FN3O8P/c21-16-9-14-17(10-18(16)22-5-7-23(28)8-6-22)24(11-15(19(14)25)20(26)27)12-1-3-13(4-2-12)32-33(29,30)31/h1-4,9-11,28H,5-8H2,(H,26,27)(H2,29,30,31). The Labute approximate surface area is 185 Å². The summed E-state index contributed by atoms with van der Waals surface area (Å²) in [6, 6.07) is 7.78. The molecule has 13 heteroatoms. The van der Waals surface area contributed by atoms with Crippen LogP contribution >= 0.6 is 7.82 Å². The number of phosphoric ester groups is 1. The van der Waals surface area contributed by atoms with Crippen LogP contribution in [0.1, 0.15) is 10.4 Å². The highest BCUT2D eigenvalue weighted by Gasteiger charge is 2.23. The number of aromatic nitrogens is 1. The van der Waals surface area contributed by atoms with E-state index in [0.29, 0.717) is 31.9 Å². The maximum absolute atomic E-state index is 15.0. The summed E-state index contributed by atoms with van der Waals surface area (Å²) in [6.07, 6.45) is 1.11. The number of phosphoric acid groups is 1. The van der Waals surface area contributed by atoms with Crippen LogP contribution in [0, 0.1) is 5.82 Å². The van der Waals surface area contributed by atoms with Gasteiger partial charge in [-0.1, -0.05) is 0 Å². The lowest BCUT2D eigenvalue weighted by molar-refractivity contribution is -0.0936. The fourth-order valence-electron chi connectivity index (χ4n) is 3.68. The molecule has 0 bridgehead atoms. The van der Waals surface area contributed by atoms with Gasteiger partial charge in [-0.15, -0.1) is 0 Å². The van der Waals surface area contributed by atoms with Crippen LogP contribution in [0.4, 0.5) is 10.1 Å². The van der Waals surface area contributed by atoms with Crippen molar-refractivity contribution in [2.75, 3.05) is 31.1 Å². The zero-order valence-corrected chi connectivity index (χ0v) is 17.9. The highest BCUT2D eigenvalue weighted by molar-refractivity contribution is 7.46. The van der Waals surface area contributed by atoms with Gasteiger partial charge in [0.05, 0.1) is 11.2 Å². The van der Waals surface area contributed by atoms with E-state index in [0.717, 1.165) is 17.3 Å². The molecule has 0 radical (unpaired) electrons. The maximum Gasteiger partial charge on any atom is 0.524 e. The second-order valence-electron chi connectivity index (χ2n) is 7.38. The van der Waals surface area contributed by atoms with Gasteiger partial charge in [-0.25, -0.2) is 13.8 Å². The normalized spacial score (nSPS) is 15.1. The van der Waals surface area contributed by atoms with Gasteiger partial charge >= 0.3 is 13.8 Å². The average molecular weight is 479 g/mol. The first-order chi connectivity index (χ1) is 15.5. The number of rotatable bonds is 5. The summed E-state index contributed by atoms with van der Waals surface area (Å²) < 4.78 is 31.9. The summed E-state index contributed by atoms with van der Waals surface area (Å²) in [4.78, 5) is 44.0. The van der Waals surface area contributed by atoms with E-state index in [1.165, 1.54) is 34.9 Å². The molecule has 1 fully saturated rings. The van der Waals surface area contributed by atoms with Gasteiger partial charge < -0.3 is 24.3 Å². The molecular weight excluding hydrogens is 460 g/mol. The molecule has 1 aliphatic rings. The fraction of sp³-hybridized carbons (Fsp3) is 0.200. The number of pyridine rings is 1. The van der Waals surface area contributed by atoms with Crippen LogP contribution in [0.5, 0.6) is 5.75 Å². The van der Waals surface area contributed by atoms with Crippen molar-refractivity contribution >= 4 is 30.4 Å². The van der Waals surface area contributed by atoms with E-state index in [1.807, 2.05) is 0 Å². The van der Waals surface area contributed by atoms with Gasteiger partial charge in [-0.05, 0) is 36.4 Å². The SMILES string of the molecule is O=C(O)c1cn(-c2ccc(OP(=O)(O)O)cc2)c2cc(N3CCN(O)CC3)c(F)cc2c1=O. The summed E-state index contributed by atoms with van der Waals surface area (Å²) in [6.45, 7) is 1.27. The first-order valence-corrected chi connectivity index (χ1v) is 11.2. The van der Waals surface area contributed by atoms with E-state index in [4.69, 9.17) is 9.79 Å². The molecule has 4 rings (SSSR count). The van der Waals surface area contributed by atoms with Gasteiger partial charge in [-0.3, -0.25) is 14.6 Å². The zero-order chi connectivity index (χ0) is 23.9. The summed E-state index contributed by atoms with van der Waals surface area (Å²) in [5.41, 5.74) is -0.650. The highest BCUT2D eigenvalue weighted by atomic mass is 31.2. The van der Waals surface area contributed by atoms with Gasteiger partial charge in [0, 0.05) is 43.4 Å². The van der Waals surface area contributed by atoms with Crippen LogP contribution in [0.15, 0.2) is 47.4 Å². The van der Waals surface area contributed by atoms with Crippen molar-refractivity contribution in [1.82, 2.24) is 9.63 Å². The lowest BCUT2D eigenvalue weighted by Gasteiger charge is -2.33. The van der Waals surface area contributed by atoms with Crippen molar-refractivity contribution in [2.45, 2.75) is 0 Å². The largest absolute Gasteiger partial charge is 0.524 e. The molecule has 4 N–H and O–H groups in total. The number of hydrogen-bond acceptors (Lipinski definition) is 7. The van der Waals surface area contributed by atoms with E-state index < -0.39 is 30.6 Å². The predicted octanol–water partition coefficient (Wildman–Crippen LogP) is 1.81. The van der Waals surface area contributed by atoms with Crippen LogP contribution < -0.4 is 14.9 Å². The van der Waals surface area contributed by atoms with E-state index in [9.17, 15) is 28.9 Å². The molecule has 0 aliphatic carbocycles. The maximum atomic E-state index is 15.0. The van der Waals surface area contributed by atoms with Crippen molar-refractivity contribution < 1.29 is 38.4 Å². The summed E-state index contributed by atoms with van der Waals surface area (Å²) >= 11 is 0. The third kappa shape index (κ3) is 4.75. The number of halogens is 1. The number of carboxylic acids is 1. The Morgan fingerprint density at radius 3 is 2.27 bits per heavy atom. The predicted molar refractivity (Wildman–Crippen MR) is 115 cm³/mol. The number of hydrogen-bond donors (Lipinski definition) is 4. The third-order valence-corrected chi connectivity index (χ3v) is 5.69. The summed E-state index contributed by atoms with van der Waals surface area (Å²) in [7, 11) is -4.77. The van der Waals surface area contributed by atoms with E-state index in [1.54, 1.807) is 4.90 Å². The smallest absolute Gasteiger partial charge is 0.477 e. The zero-order valence-electron chi connectivity index (χ0n) is 17.0. The van der Waals surface area contributed by atoms with Crippen LogP contribution in [0.3, 0.4) is 0 Å². The first kappa shape index (κ1) is 22.9. The molecule has 1 aromatic heterocycles. The van der Waals surface area contributed by atoms with Crippen LogP contribution in [-0.2, 0) is 4.57 Å². The number of nitrogens with zero attached hydrogens (tertiary/aromatic N) is 3. The van der Waals surface area contributed by atoms with Crippen molar-refractivity contribution in [3.8, 4) is 11.4 Å². The fourth-order valence-corrected chi connectivity index (χ4v) is 4.08.